The van der Waals surface area contributed by atoms with Gasteiger partial charge in [-0.05, 0) is 56.8 Å². The maximum absolute atomic E-state index is 3.48. The van der Waals surface area contributed by atoms with Gasteiger partial charge < -0.3 is 10.2 Å². The third-order valence-corrected chi connectivity index (χ3v) is 4.68. The molecular weight excluding hydrogens is 220 g/mol. The second kappa shape index (κ2) is 4.58. The molecule has 2 aliphatic rings. The molecule has 1 atom stereocenters. The van der Waals surface area contributed by atoms with E-state index in [0.29, 0.717) is 0 Å². The minimum absolute atomic E-state index is 0.755. The summed E-state index contributed by atoms with van der Waals surface area (Å²) >= 11 is 0. The van der Waals surface area contributed by atoms with Crippen molar-refractivity contribution in [1.29, 1.82) is 0 Å². The van der Waals surface area contributed by atoms with Gasteiger partial charge in [-0.2, -0.15) is 0 Å². The van der Waals surface area contributed by atoms with Crippen LogP contribution in [0.4, 0.5) is 5.69 Å². The van der Waals surface area contributed by atoms with Crippen molar-refractivity contribution in [3.8, 4) is 0 Å². The molecule has 1 N–H and O–H groups in total. The lowest BCUT2D eigenvalue weighted by Crippen LogP contribution is -2.32. The molecule has 0 amide bonds. The topological polar surface area (TPSA) is 15.3 Å². The Balaban J connectivity index is 1.97. The van der Waals surface area contributed by atoms with Gasteiger partial charge in [-0.1, -0.05) is 17.7 Å². The molecule has 0 saturated carbocycles. The monoisotopic (exact) mass is 244 g/mol. The first-order chi connectivity index (χ1) is 8.66. The minimum atomic E-state index is 0.755. The van der Waals surface area contributed by atoms with E-state index < -0.39 is 0 Å². The number of nitrogens with zero attached hydrogens (tertiary/aromatic N) is 1. The number of hydrogen-bond acceptors (Lipinski definition) is 2. The number of hydrogen-bond donors (Lipinski definition) is 1. The van der Waals surface area contributed by atoms with E-state index in [1.165, 1.54) is 49.3 Å². The van der Waals surface area contributed by atoms with Gasteiger partial charge in [-0.15, -0.1) is 0 Å². The van der Waals surface area contributed by atoms with Crippen molar-refractivity contribution in [2.45, 2.75) is 32.6 Å². The Morgan fingerprint density at radius 1 is 1.17 bits per heavy atom. The van der Waals surface area contributed by atoms with Gasteiger partial charge in [0.15, 0.2) is 0 Å². The fourth-order valence-corrected chi connectivity index (χ4v) is 3.93. The van der Waals surface area contributed by atoms with E-state index in [-0.39, 0.29) is 0 Å². The predicted molar refractivity (Wildman–Crippen MR) is 77.5 cm³/mol. The quantitative estimate of drug-likeness (QED) is 0.817. The summed E-state index contributed by atoms with van der Waals surface area (Å²) in [5.74, 6) is 1.63. The van der Waals surface area contributed by atoms with Gasteiger partial charge in [-0.25, -0.2) is 0 Å². The van der Waals surface area contributed by atoms with Crippen LogP contribution in [0.1, 0.15) is 35.4 Å². The van der Waals surface area contributed by atoms with Gasteiger partial charge in [0, 0.05) is 25.2 Å². The Bertz CT molecular complexity index is 447. The maximum Gasteiger partial charge on any atom is 0.0429 e. The lowest BCUT2D eigenvalue weighted by Gasteiger charge is -2.28. The van der Waals surface area contributed by atoms with Crippen LogP contribution < -0.4 is 10.2 Å². The molecule has 2 nitrogen and oxygen atoms in total. The van der Waals surface area contributed by atoms with Crippen molar-refractivity contribution in [3.05, 3.63) is 28.8 Å². The molecule has 0 radical (unpaired) electrons. The second-order valence-corrected chi connectivity index (χ2v) is 6.09. The van der Waals surface area contributed by atoms with Crippen LogP contribution in [0.2, 0.25) is 0 Å². The molecule has 2 heterocycles. The molecule has 2 heteroatoms. The van der Waals surface area contributed by atoms with E-state index in [1.54, 1.807) is 5.56 Å². The van der Waals surface area contributed by atoms with Crippen molar-refractivity contribution in [1.82, 2.24) is 5.32 Å². The van der Waals surface area contributed by atoms with Crippen molar-refractivity contribution in [3.63, 3.8) is 0 Å². The maximum atomic E-state index is 3.48. The van der Waals surface area contributed by atoms with E-state index in [0.717, 1.165) is 11.8 Å². The Morgan fingerprint density at radius 3 is 2.61 bits per heavy atom. The van der Waals surface area contributed by atoms with Gasteiger partial charge in [0.05, 0.1) is 0 Å². The first-order valence-electron chi connectivity index (χ1n) is 7.20. The smallest absolute Gasteiger partial charge is 0.0429 e. The Morgan fingerprint density at radius 2 is 1.89 bits per heavy atom. The number of fused-ring (bicyclic) bond motifs is 1. The van der Waals surface area contributed by atoms with Crippen LogP contribution >= 0.6 is 0 Å². The van der Waals surface area contributed by atoms with Crippen molar-refractivity contribution in [2.75, 3.05) is 31.6 Å². The zero-order valence-electron chi connectivity index (χ0n) is 11.8. The SMILES string of the molecule is Cc1cc(C)c2c(c1)C(C1CCNCC1)CN2C. The minimum Gasteiger partial charge on any atom is -0.374 e. The first-order valence-corrected chi connectivity index (χ1v) is 7.20. The average molecular weight is 244 g/mol. The Kier molecular flexibility index (Phi) is 3.06. The highest BCUT2D eigenvalue weighted by molar-refractivity contribution is 5.65. The molecule has 0 spiro atoms. The number of rotatable bonds is 1. The molecule has 1 fully saturated rings. The average Bonchev–Trinajstić information content (AvgIpc) is 2.67. The predicted octanol–water partition coefficient (Wildman–Crippen LogP) is 2.84. The lowest BCUT2D eigenvalue weighted by molar-refractivity contribution is 0.327. The first kappa shape index (κ1) is 12.0. The number of likely N-dealkylation sites (N-methyl/N-ethyl adjacent to an activating group) is 1. The molecule has 1 aromatic rings. The van der Waals surface area contributed by atoms with Crippen molar-refractivity contribution in [2.24, 2.45) is 5.92 Å². The van der Waals surface area contributed by atoms with Crippen molar-refractivity contribution >= 4 is 5.69 Å². The van der Waals surface area contributed by atoms with Crippen LogP contribution in [0.5, 0.6) is 0 Å². The molecule has 1 unspecified atom stereocenters. The zero-order valence-corrected chi connectivity index (χ0v) is 11.8. The molecule has 2 aliphatic heterocycles. The number of piperidine rings is 1. The zero-order chi connectivity index (χ0) is 12.7. The van der Waals surface area contributed by atoms with E-state index >= 15 is 0 Å². The molecule has 98 valence electrons. The number of benzene rings is 1. The number of anilines is 1. The molecule has 1 aromatic carbocycles. The van der Waals surface area contributed by atoms with E-state index in [2.05, 4.69) is 43.2 Å². The highest BCUT2D eigenvalue weighted by Gasteiger charge is 2.34. The fraction of sp³-hybridized carbons (Fsp3) is 0.625. The van der Waals surface area contributed by atoms with E-state index in [4.69, 9.17) is 0 Å². The molecule has 18 heavy (non-hydrogen) atoms. The summed E-state index contributed by atoms with van der Waals surface area (Å²) in [6, 6.07) is 4.75. The molecule has 3 rings (SSSR count). The normalized spacial score (nSPS) is 24.4. The molecule has 0 aromatic heterocycles. The van der Waals surface area contributed by atoms with Crippen LogP contribution in [-0.4, -0.2) is 26.7 Å². The third kappa shape index (κ3) is 1.93. The summed E-state index contributed by atoms with van der Waals surface area (Å²) in [5.41, 5.74) is 5.98. The fourth-order valence-electron chi connectivity index (χ4n) is 3.93. The summed E-state index contributed by atoms with van der Waals surface area (Å²) in [6.07, 6.45) is 2.68. The van der Waals surface area contributed by atoms with Gasteiger partial charge in [0.25, 0.3) is 0 Å². The van der Waals surface area contributed by atoms with Crippen LogP contribution in [-0.2, 0) is 0 Å². The standard InChI is InChI=1S/C16H24N2/c1-11-8-12(2)16-14(9-11)15(10-18(16)3)13-4-6-17-7-5-13/h8-9,13,15,17H,4-7,10H2,1-3H3. The summed E-state index contributed by atoms with van der Waals surface area (Å²) in [6.45, 7) is 8.10. The lowest BCUT2D eigenvalue weighted by atomic mass is 9.81. The largest absolute Gasteiger partial charge is 0.374 e. The summed E-state index contributed by atoms with van der Waals surface area (Å²) in [7, 11) is 2.25. The highest BCUT2D eigenvalue weighted by atomic mass is 15.1. The summed E-state index contributed by atoms with van der Waals surface area (Å²) in [4.78, 5) is 2.47. The van der Waals surface area contributed by atoms with Crippen LogP contribution in [0.25, 0.3) is 0 Å². The molecule has 1 saturated heterocycles. The van der Waals surface area contributed by atoms with Gasteiger partial charge >= 0.3 is 0 Å². The van der Waals surface area contributed by atoms with Crippen LogP contribution in [0, 0.1) is 19.8 Å². The highest BCUT2D eigenvalue weighted by Crippen LogP contribution is 2.44. The van der Waals surface area contributed by atoms with Gasteiger partial charge in [0.1, 0.15) is 0 Å². The van der Waals surface area contributed by atoms with E-state index in [9.17, 15) is 0 Å². The molecular formula is C16H24N2. The van der Waals surface area contributed by atoms with Crippen molar-refractivity contribution < 1.29 is 0 Å². The number of aryl methyl sites for hydroxylation is 2. The summed E-state index contributed by atoms with van der Waals surface area (Å²) < 4.78 is 0. The van der Waals surface area contributed by atoms with Gasteiger partial charge in [-0.3, -0.25) is 0 Å². The molecule has 0 aliphatic carbocycles. The van der Waals surface area contributed by atoms with Gasteiger partial charge in [0.2, 0.25) is 0 Å². The summed E-state index contributed by atoms with van der Waals surface area (Å²) in [5, 5.41) is 3.48. The third-order valence-electron chi connectivity index (χ3n) is 4.68. The number of nitrogens with one attached hydrogen (secondary N) is 1. The van der Waals surface area contributed by atoms with Crippen LogP contribution in [0.15, 0.2) is 12.1 Å². The second-order valence-electron chi connectivity index (χ2n) is 6.09. The molecule has 0 bridgehead atoms. The Hall–Kier alpha value is -1.02. The Labute approximate surface area is 110 Å². The van der Waals surface area contributed by atoms with Crippen LogP contribution in [0.3, 0.4) is 0 Å². The van der Waals surface area contributed by atoms with E-state index in [1.807, 2.05) is 0 Å².